The highest BCUT2D eigenvalue weighted by Gasteiger charge is 2.19. The van der Waals surface area contributed by atoms with Crippen molar-refractivity contribution >= 4 is 15.8 Å². The largest absolute Gasteiger partial charge is 0.381 e. The normalized spacial score (nSPS) is 18.2. The Hall–Kier alpha value is -1.86. The molecule has 1 N–H and O–H groups in total. The number of anilines is 1. The fourth-order valence-corrected chi connectivity index (χ4v) is 3.94. The van der Waals surface area contributed by atoms with Gasteiger partial charge < -0.3 is 4.74 Å². The quantitative estimate of drug-likeness (QED) is 0.878. The van der Waals surface area contributed by atoms with Gasteiger partial charge in [-0.25, -0.2) is 13.1 Å². The van der Waals surface area contributed by atoms with E-state index in [4.69, 9.17) is 4.74 Å². The van der Waals surface area contributed by atoms with Gasteiger partial charge in [0.2, 0.25) is 10.0 Å². The number of hydrogen-bond acceptors (Lipinski definition) is 4. The summed E-state index contributed by atoms with van der Waals surface area (Å²) in [5.41, 5.74) is 1.82. The van der Waals surface area contributed by atoms with E-state index < -0.39 is 10.0 Å². The molecule has 0 amide bonds. The number of aromatic nitrogens is 2. The third-order valence-corrected chi connectivity index (χ3v) is 5.10. The molecule has 1 fully saturated rings. The first-order valence-electron chi connectivity index (χ1n) is 7.67. The van der Waals surface area contributed by atoms with Crippen LogP contribution in [0.3, 0.4) is 0 Å². The van der Waals surface area contributed by atoms with Gasteiger partial charge in [0.25, 0.3) is 0 Å². The van der Waals surface area contributed by atoms with E-state index >= 15 is 0 Å². The standard InChI is InChI=1S/C16H21N3O3S/c1-13-3-2-4-14(9-13)12-23(20,21)18-16-5-7-17-19(16)10-15-6-8-22-11-15/h2-5,7,9,15,18H,6,8,10-12H2,1H3/t15-/m1/s1. The van der Waals surface area contributed by atoms with Crippen molar-refractivity contribution < 1.29 is 13.2 Å². The number of sulfonamides is 1. The number of hydrogen-bond donors (Lipinski definition) is 1. The average Bonchev–Trinajstić information content (AvgIpc) is 3.11. The van der Waals surface area contributed by atoms with Crippen LogP contribution in [0.1, 0.15) is 17.5 Å². The van der Waals surface area contributed by atoms with Gasteiger partial charge in [0.1, 0.15) is 5.82 Å². The fourth-order valence-electron chi connectivity index (χ4n) is 2.75. The van der Waals surface area contributed by atoms with Crippen molar-refractivity contribution in [1.29, 1.82) is 0 Å². The van der Waals surface area contributed by atoms with Gasteiger partial charge in [-0.1, -0.05) is 29.8 Å². The first kappa shape index (κ1) is 16.0. The van der Waals surface area contributed by atoms with E-state index in [0.29, 0.717) is 24.9 Å². The van der Waals surface area contributed by atoms with Crippen LogP contribution in [0.25, 0.3) is 0 Å². The molecule has 6 nitrogen and oxygen atoms in total. The van der Waals surface area contributed by atoms with Crippen LogP contribution in [0.5, 0.6) is 0 Å². The summed E-state index contributed by atoms with van der Waals surface area (Å²) in [5.74, 6) is 0.839. The van der Waals surface area contributed by atoms with E-state index in [2.05, 4.69) is 9.82 Å². The third kappa shape index (κ3) is 4.33. The number of benzene rings is 1. The first-order valence-corrected chi connectivity index (χ1v) is 9.33. The number of nitrogens with one attached hydrogen (secondary N) is 1. The number of ether oxygens (including phenoxy) is 1. The van der Waals surface area contributed by atoms with E-state index in [1.54, 1.807) is 16.9 Å². The van der Waals surface area contributed by atoms with Gasteiger partial charge in [-0.2, -0.15) is 5.10 Å². The van der Waals surface area contributed by atoms with Crippen LogP contribution >= 0.6 is 0 Å². The maximum Gasteiger partial charge on any atom is 0.238 e. The molecule has 0 saturated carbocycles. The third-order valence-electron chi connectivity index (χ3n) is 3.87. The summed E-state index contributed by atoms with van der Waals surface area (Å²) in [4.78, 5) is 0. The number of rotatable bonds is 6. The Kier molecular flexibility index (Phi) is 4.68. The second kappa shape index (κ2) is 6.72. The van der Waals surface area contributed by atoms with Gasteiger partial charge >= 0.3 is 0 Å². The summed E-state index contributed by atoms with van der Waals surface area (Å²) in [7, 11) is -3.47. The molecule has 1 atom stereocenters. The molecule has 0 spiro atoms. The van der Waals surface area contributed by atoms with Crippen LogP contribution < -0.4 is 4.72 Å². The molecule has 124 valence electrons. The van der Waals surface area contributed by atoms with E-state index in [-0.39, 0.29) is 5.75 Å². The zero-order valence-electron chi connectivity index (χ0n) is 13.1. The summed E-state index contributed by atoms with van der Waals surface area (Å²) >= 11 is 0. The Morgan fingerprint density at radius 2 is 2.26 bits per heavy atom. The van der Waals surface area contributed by atoms with Crippen molar-refractivity contribution in [3.05, 3.63) is 47.7 Å². The Morgan fingerprint density at radius 3 is 3.00 bits per heavy atom. The minimum atomic E-state index is -3.47. The van der Waals surface area contributed by atoms with Crippen LogP contribution in [-0.4, -0.2) is 31.4 Å². The molecule has 2 aromatic rings. The molecule has 1 aromatic heterocycles. The lowest BCUT2D eigenvalue weighted by molar-refractivity contribution is 0.181. The van der Waals surface area contributed by atoms with Gasteiger partial charge in [0, 0.05) is 25.1 Å². The molecule has 0 aliphatic carbocycles. The van der Waals surface area contributed by atoms with Crippen molar-refractivity contribution in [3.8, 4) is 0 Å². The maximum absolute atomic E-state index is 12.4. The molecule has 1 saturated heterocycles. The Labute approximate surface area is 136 Å². The van der Waals surface area contributed by atoms with E-state index in [1.807, 2.05) is 31.2 Å². The topological polar surface area (TPSA) is 73.2 Å². The highest BCUT2D eigenvalue weighted by atomic mass is 32.2. The smallest absolute Gasteiger partial charge is 0.238 e. The predicted octanol–water partition coefficient (Wildman–Crippen LogP) is 2.17. The minimum Gasteiger partial charge on any atom is -0.381 e. The Bertz CT molecular complexity index is 764. The van der Waals surface area contributed by atoms with Crippen LogP contribution in [0.2, 0.25) is 0 Å². The lowest BCUT2D eigenvalue weighted by Crippen LogP contribution is -2.20. The van der Waals surface area contributed by atoms with Gasteiger partial charge in [-0.15, -0.1) is 0 Å². The van der Waals surface area contributed by atoms with E-state index in [1.165, 1.54) is 0 Å². The van der Waals surface area contributed by atoms with Gasteiger partial charge in [0.05, 0.1) is 18.6 Å². The second-order valence-corrected chi connectivity index (χ2v) is 7.70. The zero-order chi connectivity index (χ0) is 16.3. The van der Waals surface area contributed by atoms with Crippen LogP contribution in [0.15, 0.2) is 36.5 Å². The molecule has 0 radical (unpaired) electrons. The fraction of sp³-hybridized carbons (Fsp3) is 0.438. The monoisotopic (exact) mass is 335 g/mol. The molecule has 1 aliphatic heterocycles. The molecule has 23 heavy (non-hydrogen) atoms. The highest BCUT2D eigenvalue weighted by molar-refractivity contribution is 7.91. The molecule has 1 aromatic carbocycles. The number of nitrogens with zero attached hydrogens (tertiary/aromatic N) is 2. The van der Waals surface area contributed by atoms with Crippen molar-refractivity contribution in [1.82, 2.24) is 9.78 Å². The van der Waals surface area contributed by atoms with Crippen LogP contribution in [0.4, 0.5) is 5.82 Å². The van der Waals surface area contributed by atoms with Crippen molar-refractivity contribution in [2.24, 2.45) is 5.92 Å². The van der Waals surface area contributed by atoms with Crippen LogP contribution in [-0.2, 0) is 27.1 Å². The zero-order valence-corrected chi connectivity index (χ0v) is 13.9. The van der Waals surface area contributed by atoms with Gasteiger partial charge in [-0.3, -0.25) is 4.72 Å². The molecular formula is C16H21N3O3S. The van der Waals surface area contributed by atoms with Crippen molar-refractivity contribution in [3.63, 3.8) is 0 Å². The SMILES string of the molecule is Cc1cccc(CS(=O)(=O)Nc2ccnn2C[C@H]2CCOC2)c1. The molecule has 7 heteroatoms. The summed E-state index contributed by atoms with van der Waals surface area (Å²) in [6, 6.07) is 9.20. The van der Waals surface area contributed by atoms with E-state index in [9.17, 15) is 8.42 Å². The average molecular weight is 335 g/mol. The summed E-state index contributed by atoms with van der Waals surface area (Å²) in [6.45, 7) is 4.08. The van der Waals surface area contributed by atoms with Gasteiger partial charge in [-0.05, 0) is 18.9 Å². The molecule has 2 heterocycles. The first-order chi connectivity index (χ1) is 11.0. The molecule has 1 aliphatic rings. The van der Waals surface area contributed by atoms with Gasteiger partial charge in [0.15, 0.2) is 0 Å². The number of aryl methyl sites for hydroxylation is 1. The van der Waals surface area contributed by atoms with Crippen molar-refractivity contribution in [2.75, 3.05) is 17.9 Å². The summed E-state index contributed by atoms with van der Waals surface area (Å²) < 4.78 is 34.5. The van der Waals surface area contributed by atoms with E-state index in [0.717, 1.165) is 24.2 Å². The Morgan fingerprint density at radius 1 is 1.39 bits per heavy atom. The molecule has 0 bridgehead atoms. The van der Waals surface area contributed by atoms with Crippen LogP contribution in [0, 0.1) is 12.8 Å². The lowest BCUT2D eigenvalue weighted by Gasteiger charge is -2.13. The second-order valence-electron chi connectivity index (χ2n) is 5.98. The molecule has 3 rings (SSSR count). The maximum atomic E-state index is 12.4. The summed E-state index contributed by atoms with van der Waals surface area (Å²) in [5, 5.41) is 4.22. The predicted molar refractivity (Wildman–Crippen MR) is 88.6 cm³/mol. The summed E-state index contributed by atoms with van der Waals surface area (Å²) in [6.07, 6.45) is 2.59. The van der Waals surface area contributed by atoms with Crippen molar-refractivity contribution in [2.45, 2.75) is 25.6 Å². The highest BCUT2D eigenvalue weighted by Crippen LogP contribution is 2.19. The Balaban J connectivity index is 1.69. The minimum absolute atomic E-state index is 0.0492. The molecular weight excluding hydrogens is 314 g/mol. The molecule has 0 unspecified atom stereocenters. The lowest BCUT2D eigenvalue weighted by atomic mass is 10.1.